The van der Waals surface area contributed by atoms with Crippen LogP contribution in [0.3, 0.4) is 0 Å². The first kappa shape index (κ1) is 36.6. The number of ether oxygens (including phenoxy) is 1. The molecule has 48 heavy (non-hydrogen) atoms. The fourth-order valence-electron chi connectivity index (χ4n) is 4.96. The highest BCUT2D eigenvalue weighted by molar-refractivity contribution is 6.76. The Balaban J connectivity index is 1.41. The minimum absolute atomic E-state index is 0.145. The number of nitrogens with one attached hydrogen (secondary N) is 1. The van der Waals surface area contributed by atoms with Crippen LogP contribution in [0.1, 0.15) is 28.4 Å². The number of pyridine rings is 2. The van der Waals surface area contributed by atoms with Crippen LogP contribution in [0.25, 0.3) is 0 Å². The molecule has 0 unspecified atom stereocenters. The van der Waals surface area contributed by atoms with Crippen molar-refractivity contribution in [2.75, 3.05) is 43.0 Å². The van der Waals surface area contributed by atoms with Gasteiger partial charge in [0.15, 0.2) is 0 Å². The number of hydrogen-bond acceptors (Lipinski definition) is 8. The van der Waals surface area contributed by atoms with E-state index in [1.54, 1.807) is 4.90 Å². The zero-order valence-corrected chi connectivity index (χ0v) is 27.9. The Hall–Kier alpha value is -4.19. The molecule has 262 valence electrons. The minimum Gasteiger partial charge on any atom is -0.379 e. The molecule has 1 atom stereocenters. The number of alkyl halides is 6. The van der Waals surface area contributed by atoms with E-state index in [2.05, 4.69) is 35.0 Å². The van der Waals surface area contributed by atoms with Gasteiger partial charge in [-0.15, -0.1) is 0 Å². The van der Waals surface area contributed by atoms with Gasteiger partial charge in [-0.25, -0.2) is 9.67 Å². The summed E-state index contributed by atoms with van der Waals surface area (Å²) in [5.74, 6) is -0.0548. The molecule has 11 nitrogen and oxygen atoms in total. The molecule has 0 bridgehead atoms. The van der Waals surface area contributed by atoms with Crippen LogP contribution in [-0.4, -0.2) is 77.0 Å². The summed E-state index contributed by atoms with van der Waals surface area (Å²) >= 11 is 0. The summed E-state index contributed by atoms with van der Waals surface area (Å²) < 4.78 is 87.8. The highest BCUT2D eigenvalue weighted by Gasteiger charge is 2.38. The van der Waals surface area contributed by atoms with Gasteiger partial charge in [-0.1, -0.05) is 19.6 Å². The van der Waals surface area contributed by atoms with E-state index >= 15 is 0 Å². The highest BCUT2D eigenvalue weighted by atomic mass is 28.3. The standard InChI is InChI=1S/C30H37F6N7O4Si/c1-20(39-23-16-38-43(19-47-13-14-48(2,3)4)28(46)26(23)30(34,35)36)17-42-18-21(5-8-25(42)44)27(45)41-11-9-40(10-12-41)24-7-6-22(15-37-24)29(31,32)33/h5-8,15-16,18,20,39H,9-14,17,19H2,1-4H3/t20-/m0/s1. The van der Waals surface area contributed by atoms with Crippen molar-refractivity contribution in [1.29, 1.82) is 0 Å². The molecule has 1 aliphatic heterocycles. The summed E-state index contributed by atoms with van der Waals surface area (Å²) in [6.45, 7) is 8.66. The molecule has 0 saturated carbocycles. The van der Waals surface area contributed by atoms with E-state index in [9.17, 15) is 40.7 Å². The molecule has 0 aromatic carbocycles. The fraction of sp³-hybridized carbons (Fsp3) is 0.500. The third-order valence-electron chi connectivity index (χ3n) is 7.61. The van der Waals surface area contributed by atoms with Crippen molar-refractivity contribution >= 4 is 25.5 Å². The molecule has 4 rings (SSSR count). The second-order valence-electron chi connectivity index (χ2n) is 12.7. The van der Waals surface area contributed by atoms with Crippen molar-refractivity contribution in [3.05, 3.63) is 80.3 Å². The van der Waals surface area contributed by atoms with Gasteiger partial charge < -0.3 is 24.4 Å². The maximum Gasteiger partial charge on any atom is 0.423 e. The predicted octanol–water partition coefficient (Wildman–Crippen LogP) is 4.61. The normalized spacial score (nSPS) is 15.0. The Morgan fingerprint density at radius 3 is 2.25 bits per heavy atom. The Kier molecular flexibility index (Phi) is 11.1. The molecule has 1 saturated heterocycles. The van der Waals surface area contributed by atoms with Gasteiger partial charge in [0, 0.05) is 71.9 Å². The van der Waals surface area contributed by atoms with E-state index in [-0.39, 0.29) is 31.8 Å². The average Bonchev–Trinajstić information content (AvgIpc) is 2.99. The molecular weight excluding hydrogens is 664 g/mol. The second-order valence-corrected chi connectivity index (χ2v) is 18.3. The minimum atomic E-state index is -5.00. The molecular formula is C30H37F6N7O4Si. The number of hydrogen-bond donors (Lipinski definition) is 1. The maximum atomic E-state index is 14.0. The van der Waals surface area contributed by atoms with E-state index in [0.717, 1.165) is 24.5 Å². The van der Waals surface area contributed by atoms with Crippen LogP contribution in [0.15, 0.2) is 52.4 Å². The van der Waals surface area contributed by atoms with Gasteiger partial charge in [0.25, 0.3) is 17.0 Å². The lowest BCUT2D eigenvalue weighted by atomic mass is 10.2. The molecule has 1 N–H and O–H groups in total. The lowest BCUT2D eigenvalue weighted by Gasteiger charge is -2.35. The summed E-state index contributed by atoms with van der Waals surface area (Å²) in [4.78, 5) is 45.8. The van der Waals surface area contributed by atoms with Crippen LogP contribution in [0.5, 0.6) is 0 Å². The Labute approximate surface area is 273 Å². The lowest BCUT2D eigenvalue weighted by Crippen LogP contribution is -2.49. The Morgan fingerprint density at radius 1 is 0.979 bits per heavy atom. The number of nitrogens with zero attached hydrogens (tertiary/aromatic N) is 6. The van der Waals surface area contributed by atoms with Crippen molar-refractivity contribution in [3.63, 3.8) is 0 Å². The van der Waals surface area contributed by atoms with Gasteiger partial charge >= 0.3 is 12.4 Å². The molecule has 4 heterocycles. The predicted molar refractivity (Wildman–Crippen MR) is 169 cm³/mol. The van der Waals surface area contributed by atoms with Crippen molar-refractivity contribution in [2.45, 2.75) is 64.3 Å². The molecule has 1 amide bonds. The van der Waals surface area contributed by atoms with Crippen molar-refractivity contribution in [1.82, 2.24) is 24.2 Å². The first-order chi connectivity index (χ1) is 22.3. The van der Waals surface area contributed by atoms with Crippen LogP contribution in [0.4, 0.5) is 37.8 Å². The van der Waals surface area contributed by atoms with Crippen LogP contribution < -0.4 is 21.3 Å². The summed E-state index contributed by atoms with van der Waals surface area (Å²) in [6.07, 6.45) is -6.54. The number of carbonyl (C=O) groups excluding carboxylic acids is 1. The van der Waals surface area contributed by atoms with Crippen LogP contribution in [-0.2, 0) is 30.4 Å². The van der Waals surface area contributed by atoms with Crippen LogP contribution >= 0.6 is 0 Å². The maximum absolute atomic E-state index is 14.0. The van der Waals surface area contributed by atoms with Crippen molar-refractivity contribution < 1.29 is 35.9 Å². The number of piperazine rings is 1. The fourth-order valence-corrected chi connectivity index (χ4v) is 5.72. The van der Waals surface area contributed by atoms with E-state index in [0.29, 0.717) is 23.6 Å². The monoisotopic (exact) mass is 701 g/mol. The number of anilines is 2. The molecule has 1 aliphatic rings. The van der Waals surface area contributed by atoms with E-state index in [1.807, 2.05) is 0 Å². The number of carbonyl (C=O) groups is 1. The van der Waals surface area contributed by atoms with E-state index in [1.165, 1.54) is 40.8 Å². The van der Waals surface area contributed by atoms with Gasteiger partial charge in [0.2, 0.25) is 0 Å². The third kappa shape index (κ3) is 9.46. The molecule has 3 aromatic rings. The Morgan fingerprint density at radius 2 is 1.67 bits per heavy atom. The number of amides is 1. The summed E-state index contributed by atoms with van der Waals surface area (Å²) in [6, 6.07) is 4.69. The molecule has 0 radical (unpaired) electrons. The van der Waals surface area contributed by atoms with Gasteiger partial charge in [-0.05, 0) is 31.2 Å². The second kappa shape index (κ2) is 14.5. The average molecular weight is 702 g/mol. The molecule has 18 heteroatoms. The largest absolute Gasteiger partial charge is 0.423 e. The topological polar surface area (TPSA) is 115 Å². The molecule has 3 aromatic heterocycles. The first-order valence-electron chi connectivity index (χ1n) is 15.1. The van der Waals surface area contributed by atoms with Gasteiger partial charge in [-0.2, -0.15) is 31.4 Å². The zero-order valence-electron chi connectivity index (χ0n) is 26.9. The molecule has 0 spiro atoms. The SMILES string of the molecule is C[C@@H](Cn1cc(C(=O)N2CCN(c3ccc(C(F)(F)F)cn3)CC2)ccc1=O)Nc1cnn(COCC[Si](C)(C)C)c(=O)c1C(F)(F)F. The molecule has 1 fully saturated rings. The van der Waals surface area contributed by atoms with Crippen LogP contribution in [0, 0.1) is 0 Å². The lowest BCUT2D eigenvalue weighted by molar-refractivity contribution is -0.139. The van der Waals surface area contributed by atoms with E-state index < -0.39 is 67.0 Å². The van der Waals surface area contributed by atoms with Crippen molar-refractivity contribution in [2.24, 2.45) is 0 Å². The third-order valence-corrected chi connectivity index (χ3v) is 9.31. The summed E-state index contributed by atoms with van der Waals surface area (Å²) in [5, 5.41) is 6.48. The summed E-state index contributed by atoms with van der Waals surface area (Å²) in [7, 11) is -1.45. The van der Waals surface area contributed by atoms with Crippen molar-refractivity contribution in [3.8, 4) is 0 Å². The Bertz CT molecular complexity index is 1700. The highest BCUT2D eigenvalue weighted by Crippen LogP contribution is 2.32. The van der Waals surface area contributed by atoms with Gasteiger partial charge in [0.05, 0.1) is 23.0 Å². The van der Waals surface area contributed by atoms with Crippen LogP contribution in [0.2, 0.25) is 25.7 Å². The summed E-state index contributed by atoms with van der Waals surface area (Å²) in [5.41, 5.74) is -4.57. The number of aromatic nitrogens is 4. The quantitative estimate of drug-likeness (QED) is 0.175. The van der Waals surface area contributed by atoms with Gasteiger partial charge in [-0.3, -0.25) is 14.4 Å². The zero-order chi connectivity index (χ0) is 35.4. The number of rotatable bonds is 11. The first-order valence-corrected chi connectivity index (χ1v) is 18.8. The number of halogens is 6. The van der Waals surface area contributed by atoms with Gasteiger partial charge in [0.1, 0.15) is 18.1 Å². The molecule has 0 aliphatic carbocycles. The van der Waals surface area contributed by atoms with E-state index in [4.69, 9.17) is 4.74 Å². The smallest absolute Gasteiger partial charge is 0.379 e.